The Morgan fingerprint density at radius 1 is 1.40 bits per heavy atom. The molecule has 0 aliphatic carbocycles. The number of nitrogens with zero attached hydrogens (tertiary/aromatic N) is 1. The minimum absolute atomic E-state index is 0.175. The third kappa shape index (κ3) is 5.41. The second kappa shape index (κ2) is 8.98. The topological polar surface area (TPSA) is 78.9 Å². The molecule has 1 heterocycles. The van der Waals surface area contributed by atoms with Crippen molar-refractivity contribution in [2.24, 2.45) is 5.92 Å². The van der Waals surface area contributed by atoms with Crippen molar-refractivity contribution in [1.82, 2.24) is 9.62 Å². The number of rotatable bonds is 8. The number of ether oxygens (including phenoxy) is 1. The predicted molar refractivity (Wildman–Crippen MR) is 98.5 cm³/mol. The van der Waals surface area contributed by atoms with E-state index in [9.17, 15) is 13.5 Å². The average molecular weight is 371 g/mol. The SMILES string of the molecule is COc1ccc(S(=O)(=O)NCCN2CCC[C@H](CO)C2)cc1C(C)C. The molecule has 1 aromatic rings. The summed E-state index contributed by atoms with van der Waals surface area (Å²) in [4.78, 5) is 2.48. The fourth-order valence-corrected chi connectivity index (χ4v) is 4.31. The lowest BCUT2D eigenvalue weighted by Gasteiger charge is -2.31. The van der Waals surface area contributed by atoms with E-state index < -0.39 is 10.0 Å². The van der Waals surface area contributed by atoms with Crippen LogP contribution in [0.25, 0.3) is 0 Å². The van der Waals surface area contributed by atoms with Gasteiger partial charge in [-0.15, -0.1) is 0 Å². The highest BCUT2D eigenvalue weighted by Gasteiger charge is 2.21. The normalized spacial score (nSPS) is 19.3. The third-order valence-electron chi connectivity index (χ3n) is 4.71. The Morgan fingerprint density at radius 3 is 2.80 bits per heavy atom. The van der Waals surface area contributed by atoms with Gasteiger partial charge in [0.05, 0.1) is 12.0 Å². The third-order valence-corrected chi connectivity index (χ3v) is 6.17. The van der Waals surface area contributed by atoms with Gasteiger partial charge in [0.2, 0.25) is 10.0 Å². The highest BCUT2D eigenvalue weighted by Crippen LogP contribution is 2.28. The molecule has 0 radical (unpaired) electrons. The van der Waals surface area contributed by atoms with Crippen LogP contribution in [0.3, 0.4) is 0 Å². The maximum absolute atomic E-state index is 12.6. The number of nitrogens with one attached hydrogen (secondary N) is 1. The van der Waals surface area contributed by atoms with E-state index in [0.717, 1.165) is 31.5 Å². The molecule has 0 amide bonds. The van der Waals surface area contributed by atoms with Crippen LogP contribution in [0.15, 0.2) is 23.1 Å². The summed E-state index contributed by atoms with van der Waals surface area (Å²) in [5.41, 5.74) is 0.882. The lowest BCUT2D eigenvalue weighted by atomic mass is 9.99. The van der Waals surface area contributed by atoms with Crippen LogP contribution >= 0.6 is 0 Å². The quantitative estimate of drug-likeness (QED) is 0.729. The monoisotopic (exact) mass is 370 g/mol. The Bertz CT molecular complexity index is 661. The smallest absolute Gasteiger partial charge is 0.240 e. The van der Waals surface area contributed by atoms with Gasteiger partial charge in [-0.2, -0.15) is 0 Å². The van der Waals surface area contributed by atoms with Crippen LogP contribution in [-0.2, 0) is 10.0 Å². The molecule has 6 nitrogen and oxygen atoms in total. The van der Waals surface area contributed by atoms with Crippen molar-refractivity contribution in [3.05, 3.63) is 23.8 Å². The summed E-state index contributed by atoms with van der Waals surface area (Å²) < 4.78 is 33.1. The van der Waals surface area contributed by atoms with Crippen molar-refractivity contribution in [2.45, 2.75) is 37.5 Å². The molecule has 1 saturated heterocycles. The van der Waals surface area contributed by atoms with Gasteiger partial charge in [0.1, 0.15) is 5.75 Å². The van der Waals surface area contributed by atoms with Crippen molar-refractivity contribution < 1.29 is 18.3 Å². The molecule has 1 atom stereocenters. The molecular formula is C18H30N2O4S. The van der Waals surface area contributed by atoms with Crippen LogP contribution in [0, 0.1) is 5.92 Å². The van der Waals surface area contributed by atoms with Crippen LogP contribution < -0.4 is 9.46 Å². The summed E-state index contributed by atoms with van der Waals surface area (Å²) in [6.45, 7) is 7.03. The van der Waals surface area contributed by atoms with Crippen molar-refractivity contribution in [3.63, 3.8) is 0 Å². The maximum Gasteiger partial charge on any atom is 0.240 e. The lowest BCUT2D eigenvalue weighted by Crippen LogP contribution is -2.41. The van der Waals surface area contributed by atoms with Crippen LogP contribution in [-0.4, -0.2) is 58.3 Å². The molecule has 1 aliphatic heterocycles. The van der Waals surface area contributed by atoms with Gasteiger partial charge in [0, 0.05) is 26.2 Å². The number of aliphatic hydroxyl groups is 1. The highest BCUT2D eigenvalue weighted by molar-refractivity contribution is 7.89. The number of hydrogen-bond acceptors (Lipinski definition) is 5. The number of benzene rings is 1. The van der Waals surface area contributed by atoms with Gasteiger partial charge in [-0.1, -0.05) is 13.8 Å². The van der Waals surface area contributed by atoms with Crippen molar-refractivity contribution >= 4 is 10.0 Å². The predicted octanol–water partition coefficient (Wildman–Crippen LogP) is 1.80. The molecule has 1 aromatic carbocycles. The zero-order valence-corrected chi connectivity index (χ0v) is 16.2. The minimum Gasteiger partial charge on any atom is -0.496 e. The van der Waals surface area contributed by atoms with E-state index in [1.807, 2.05) is 13.8 Å². The van der Waals surface area contributed by atoms with E-state index in [2.05, 4.69) is 9.62 Å². The summed E-state index contributed by atoms with van der Waals surface area (Å²) in [5.74, 6) is 1.19. The zero-order chi connectivity index (χ0) is 18.4. The van der Waals surface area contributed by atoms with Crippen LogP contribution in [0.2, 0.25) is 0 Å². The number of methoxy groups -OCH3 is 1. The first-order valence-electron chi connectivity index (χ1n) is 8.88. The number of aliphatic hydroxyl groups excluding tert-OH is 1. The molecule has 142 valence electrons. The second-order valence-electron chi connectivity index (χ2n) is 6.95. The van der Waals surface area contributed by atoms with Gasteiger partial charge in [0.25, 0.3) is 0 Å². The average Bonchev–Trinajstić information content (AvgIpc) is 2.61. The number of sulfonamides is 1. The Labute approximate surface area is 151 Å². The summed E-state index contributed by atoms with van der Waals surface area (Å²) in [7, 11) is -1.95. The highest BCUT2D eigenvalue weighted by atomic mass is 32.2. The number of piperidine rings is 1. The van der Waals surface area contributed by atoms with Gasteiger partial charge in [0.15, 0.2) is 0 Å². The summed E-state index contributed by atoms with van der Waals surface area (Å²) >= 11 is 0. The molecule has 0 unspecified atom stereocenters. The fourth-order valence-electron chi connectivity index (χ4n) is 3.26. The van der Waals surface area contributed by atoms with E-state index in [0.29, 0.717) is 24.8 Å². The van der Waals surface area contributed by atoms with Gasteiger partial charge in [-0.3, -0.25) is 0 Å². The number of likely N-dealkylation sites (tertiary alicyclic amines) is 1. The molecule has 0 saturated carbocycles. The maximum atomic E-state index is 12.6. The Morgan fingerprint density at radius 2 is 2.16 bits per heavy atom. The molecule has 0 aromatic heterocycles. The number of hydrogen-bond donors (Lipinski definition) is 2. The van der Waals surface area contributed by atoms with E-state index in [4.69, 9.17) is 4.74 Å². The fraction of sp³-hybridized carbons (Fsp3) is 0.667. The van der Waals surface area contributed by atoms with Crippen LogP contribution in [0.5, 0.6) is 5.75 Å². The van der Waals surface area contributed by atoms with Crippen LogP contribution in [0.1, 0.15) is 38.2 Å². The molecule has 1 aliphatic rings. The van der Waals surface area contributed by atoms with Crippen molar-refractivity contribution in [3.8, 4) is 5.75 Å². The molecule has 7 heteroatoms. The van der Waals surface area contributed by atoms with E-state index in [1.54, 1.807) is 25.3 Å². The van der Waals surface area contributed by atoms with E-state index in [1.165, 1.54) is 0 Å². The molecule has 1 fully saturated rings. The molecule has 2 N–H and O–H groups in total. The Hall–Kier alpha value is -1.15. The molecule has 0 spiro atoms. The Kier molecular flexibility index (Phi) is 7.25. The van der Waals surface area contributed by atoms with Gasteiger partial charge >= 0.3 is 0 Å². The Balaban J connectivity index is 1.98. The standard InChI is InChI=1S/C18H30N2O4S/c1-14(2)17-11-16(6-7-18(17)24-3)25(22,23)19-8-10-20-9-4-5-15(12-20)13-21/h6-7,11,14-15,19,21H,4-5,8-10,12-13H2,1-3H3/t15-/m0/s1. The van der Waals surface area contributed by atoms with Crippen LogP contribution in [0.4, 0.5) is 0 Å². The minimum atomic E-state index is -3.54. The first-order chi connectivity index (χ1) is 11.9. The lowest BCUT2D eigenvalue weighted by molar-refractivity contribution is 0.122. The second-order valence-corrected chi connectivity index (χ2v) is 8.71. The summed E-state index contributed by atoms with van der Waals surface area (Å²) in [5, 5.41) is 9.28. The molecule has 2 rings (SSSR count). The first kappa shape index (κ1) is 20.2. The van der Waals surface area contributed by atoms with Gasteiger partial charge < -0.3 is 14.7 Å². The van der Waals surface area contributed by atoms with Gasteiger partial charge in [-0.05, 0) is 55.0 Å². The van der Waals surface area contributed by atoms with Crippen molar-refractivity contribution in [2.75, 3.05) is 39.9 Å². The van der Waals surface area contributed by atoms with E-state index >= 15 is 0 Å². The summed E-state index contributed by atoms with van der Waals surface area (Å²) in [6, 6.07) is 4.98. The molecule has 0 bridgehead atoms. The zero-order valence-electron chi connectivity index (χ0n) is 15.4. The molecule has 25 heavy (non-hydrogen) atoms. The largest absolute Gasteiger partial charge is 0.496 e. The first-order valence-corrected chi connectivity index (χ1v) is 10.4. The molecular weight excluding hydrogens is 340 g/mol. The summed E-state index contributed by atoms with van der Waals surface area (Å²) in [6.07, 6.45) is 2.09. The van der Waals surface area contributed by atoms with Crippen molar-refractivity contribution in [1.29, 1.82) is 0 Å². The van der Waals surface area contributed by atoms with Gasteiger partial charge in [-0.25, -0.2) is 13.1 Å². The van der Waals surface area contributed by atoms with E-state index in [-0.39, 0.29) is 17.4 Å².